The molecule has 5 heteroatoms. The molecule has 3 fully saturated rings. The topological polar surface area (TPSA) is 72.0 Å². The van der Waals surface area contributed by atoms with Crippen molar-refractivity contribution in [3.8, 4) is 0 Å². The third-order valence-electron chi connectivity index (χ3n) is 4.34. The number of rotatable bonds is 1. The van der Waals surface area contributed by atoms with Crippen LogP contribution >= 0.6 is 0 Å². The largest absolute Gasteiger partial charge is 0.412 e. The minimum atomic E-state index is 0. The molecule has 4 aliphatic rings. The van der Waals surface area contributed by atoms with Crippen LogP contribution < -0.4 is 5.43 Å². The van der Waals surface area contributed by atoms with Gasteiger partial charge in [0.1, 0.15) is 0 Å². The first kappa shape index (κ1) is 11.6. The molecule has 1 aromatic heterocycles. The maximum absolute atomic E-state index is 4.60. The smallest absolute Gasteiger partial charge is 0.0914 e. The van der Waals surface area contributed by atoms with Gasteiger partial charge in [0.2, 0.25) is 0 Å². The zero-order chi connectivity index (χ0) is 11.2. The molecule has 96 valence electrons. The van der Waals surface area contributed by atoms with E-state index in [0.717, 1.165) is 5.92 Å². The predicted octanol–water partition coefficient (Wildman–Crippen LogP) is 0.351. The Kier molecular flexibility index (Phi) is 2.80. The first-order valence-corrected chi connectivity index (χ1v) is 6.40. The van der Waals surface area contributed by atoms with Gasteiger partial charge in [0.25, 0.3) is 0 Å². The average Bonchev–Trinajstić information content (AvgIpc) is 2.88. The van der Waals surface area contributed by atoms with Crippen LogP contribution in [0.4, 0.5) is 0 Å². The van der Waals surface area contributed by atoms with Gasteiger partial charge in [-0.3, -0.25) is 9.88 Å². The lowest BCUT2D eigenvalue weighted by atomic mass is 9.78. The second-order valence-corrected chi connectivity index (χ2v) is 5.18. The number of aromatic nitrogens is 1. The summed E-state index contributed by atoms with van der Waals surface area (Å²) in [5.41, 5.74) is 5.96. The summed E-state index contributed by atoms with van der Waals surface area (Å²) in [6, 6.07) is 4.94. The van der Waals surface area contributed by atoms with Gasteiger partial charge in [0.05, 0.1) is 17.8 Å². The van der Waals surface area contributed by atoms with Crippen LogP contribution in [0.1, 0.15) is 24.4 Å². The fraction of sp³-hybridized carbons (Fsp3) is 0.538. The predicted molar refractivity (Wildman–Crippen MR) is 69.2 cm³/mol. The molecule has 0 radical (unpaired) electrons. The van der Waals surface area contributed by atoms with Gasteiger partial charge in [-0.2, -0.15) is 5.10 Å². The van der Waals surface area contributed by atoms with E-state index in [1.165, 1.54) is 37.2 Å². The SMILES string of the molecule is O.c1cncc(C2NN=C3C4CCN(CC4)C32)c1. The number of pyridine rings is 1. The maximum atomic E-state index is 4.60. The lowest BCUT2D eigenvalue weighted by molar-refractivity contribution is 0.133. The molecule has 5 nitrogen and oxygen atoms in total. The molecular weight excluding hydrogens is 228 g/mol. The molecule has 0 aromatic carbocycles. The second-order valence-electron chi connectivity index (χ2n) is 5.18. The fourth-order valence-corrected chi connectivity index (χ4v) is 3.47. The Balaban J connectivity index is 0.000001000. The molecule has 0 amide bonds. The highest BCUT2D eigenvalue weighted by Gasteiger charge is 2.46. The number of hydrazone groups is 1. The number of fused-ring (bicyclic) bond motifs is 2. The molecule has 1 aromatic rings. The van der Waals surface area contributed by atoms with Crippen LogP contribution in [0.3, 0.4) is 0 Å². The standard InChI is InChI=1S/C13H16N4.H2O/c1-2-10(8-14-5-1)12-13-11(15-16-12)9-3-6-17(13)7-4-9;/h1-2,5,8-9,12-13,16H,3-4,6-7H2;1H2. The number of nitrogens with one attached hydrogen (secondary N) is 1. The van der Waals surface area contributed by atoms with Gasteiger partial charge in [0, 0.05) is 18.3 Å². The van der Waals surface area contributed by atoms with Gasteiger partial charge in [-0.15, -0.1) is 0 Å². The first-order chi connectivity index (χ1) is 8.43. The molecule has 3 saturated heterocycles. The summed E-state index contributed by atoms with van der Waals surface area (Å²) in [5, 5.41) is 4.60. The third kappa shape index (κ3) is 1.54. The molecular formula is C13H18N4O. The summed E-state index contributed by atoms with van der Waals surface area (Å²) in [6.45, 7) is 2.46. The Morgan fingerprint density at radius 3 is 2.83 bits per heavy atom. The number of hydrogen-bond acceptors (Lipinski definition) is 4. The lowest BCUT2D eigenvalue weighted by Crippen LogP contribution is -2.56. The Bertz CT molecular complexity index is 453. The van der Waals surface area contributed by atoms with Crippen molar-refractivity contribution < 1.29 is 5.48 Å². The third-order valence-corrected chi connectivity index (χ3v) is 4.34. The van der Waals surface area contributed by atoms with Crippen LogP contribution in [0, 0.1) is 5.92 Å². The van der Waals surface area contributed by atoms with Crippen LogP contribution in [-0.2, 0) is 0 Å². The van der Waals surface area contributed by atoms with Crippen LogP contribution in [0.5, 0.6) is 0 Å². The normalized spacial score (nSPS) is 36.3. The Morgan fingerprint density at radius 1 is 1.28 bits per heavy atom. The summed E-state index contributed by atoms with van der Waals surface area (Å²) in [7, 11) is 0. The van der Waals surface area contributed by atoms with Crippen molar-refractivity contribution in [3.05, 3.63) is 30.1 Å². The van der Waals surface area contributed by atoms with Gasteiger partial charge in [-0.25, -0.2) is 0 Å². The van der Waals surface area contributed by atoms with Gasteiger partial charge in [-0.1, -0.05) is 6.07 Å². The van der Waals surface area contributed by atoms with Crippen molar-refractivity contribution in [2.24, 2.45) is 11.0 Å². The van der Waals surface area contributed by atoms with Crippen molar-refractivity contribution in [1.29, 1.82) is 0 Å². The molecule has 2 unspecified atom stereocenters. The van der Waals surface area contributed by atoms with E-state index in [2.05, 4.69) is 26.5 Å². The van der Waals surface area contributed by atoms with E-state index in [1.807, 2.05) is 18.5 Å². The summed E-state index contributed by atoms with van der Waals surface area (Å²) in [4.78, 5) is 6.80. The zero-order valence-corrected chi connectivity index (χ0v) is 10.2. The van der Waals surface area contributed by atoms with E-state index in [1.54, 1.807) is 0 Å². The molecule has 0 spiro atoms. The fourth-order valence-electron chi connectivity index (χ4n) is 3.47. The van der Waals surface area contributed by atoms with Crippen LogP contribution in [0.25, 0.3) is 0 Å². The minimum absolute atomic E-state index is 0. The van der Waals surface area contributed by atoms with Crippen molar-refractivity contribution >= 4 is 5.71 Å². The summed E-state index contributed by atoms with van der Waals surface area (Å²) in [5.74, 6) is 0.721. The zero-order valence-electron chi connectivity index (χ0n) is 10.2. The van der Waals surface area contributed by atoms with E-state index >= 15 is 0 Å². The van der Waals surface area contributed by atoms with Crippen molar-refractivity contribution in [2.75, 3.05) is 13.1 Å². The molecule has 0 aliphatic carbocycles. The molecule has 5 heterocycles. The molecule has 5 rings (SSSR count). The van der Waals surface area contributed by atoms with Crippen LogP contribution in [0.15, 0.2) is 29.6 Å². The number of piperidine rings is 3. The van der Waals surface area contributed by atoms with Crippen LogP contribution in [-0.4, -0.2) is 40.2 Å². The van der Waals surface area contributed by atoms with E-state index in [4.69, 9.17) is 0 Å². The average molecular weight is 246 g/mol. The van der Waals surface area contributed by atoms with Gasteiger partial charge >= 0.3 is 0 Å². The summed E-state index contributed by atoms with van der Waals surface area (Å²) < 4.78 is 0. The van der Waals surface area contributed by atoms with E-state index < -0.39 is 0 Å². The number of nitrogens with zero attached hydrogens (tertiary/aromatic N) is 3. The van der Waals surface area contributed by atoms with Crippen LogP contribution in [0.2, 0.25) is 0 Å². The van der Waals surface area contributed by atoms with Crippen molar-refractivity contribution in [2.45, 2.75) is 24.9 Å². The molecule has 2 atom stereocenters. The maximum Gasteiger partial charge on any atom is 0.0914 e. The highest BCUT2D eigenvalue weighted by atomic mass is 16.0. The van der Waals surface area contributed by atoms with Gasteiger partial charge in [0.15, 0.2) is 0 Å². The molecule has 4 aliphatic heterocycles. The Hall–Kier alpha value is -1.46. The number of hydrogen-bond donors (Lipinski definition) is 1. The van der Waals surface area contributed by atoms with E-state index in [-0.39, 0.29) is 5.48 Å². The Morgan fingerprint density at radius 2 is 2.11 bits per heavy atom. The summed E-state index contributed by atoms with van der Waals surface area (Å²) >= 11 is 0. The quantitative estimate of drug-likeness (QED) is 0.777. The molecule has 3 N–H and O–H groups in total. The van der Waals surface area contributed by atoms with Crippen molar-refractivity contribution in [1.82, 2.24) is 15.3 Å². The van der Waals surface area contributed by atoms with E-state index in [9.17, 15) is 0 Å². The highest BCUT2D eigenvalue weighted by molar-refractivity contribution is 5.95. The molecule has 2 bridgehead atoms. The van der Waals surface area contributed by atoms with Gasteiger partial charge in [-0.05, 0) is 37.6 Å². The monoisotopic (exact) mass is 246 g/mol. The molecule has 18 heavy (non-hydrogen) atoms. The highest BCUT2D eigenvalue weighted by Crippen LogP contribution is 2.38. The lowest BCUT2D eigenvalue weighted by Gasteiger charge is -2.45. The first-order valence-electron chi connectivity index (χ1n) is 6.40. The van der Waals surface area contributed by atoms with E-state index in [0.29, 0.717) is 12.1 Å². The summed E-state index contributed by atoms with van der Waals surface area (Å²) in [6.07, 6.45) is 6.36. The Labute approximate surface area is 106 Å². The minimum Gasteiger partial charge on any atom is -0.412 e. The van der Waals surface area contributed by atoms with Gasteiger partial charge < -0.3 is 10.9 Å². The van der Waals surface area contributed by atoms with Crippen molar-refractivity contribution in [3.63, 3.8) is 0 Å². The molecule has 0 saturated carbocycles. The second kappa shape index (κ2) is 4.33.